The normalized spacial score (nSPS) is 17.5. The zero-order chi connectivity index (χ0) is 20.9. The Hall–Kier alpha value is -2.82. The summed E-state index contributed by atoms with van der Waals surface area (Å²) < 4.78 is 5.54. The van der Waals surface area contributed by atoms with Crippen LogP contribution >= 0.6 is 0 Å². The van der Waals surface area contributed by atoms with Crippen LogP contribution in [0, 0.1) is 11.8 Å². The molecule has 1 saturated carbocycles. The number of carbonyl (C=O) groups is 2. The van der Waals surface area contributed by atoms with Gasteiger partial charge < -0.3 is 15.2 Å². The van der Waals surface area contributed by atoms with Crippen molar-refractivity contribution < 1.29 is 19.4 Å². The second-order valence-corrected chi connectivity index (χ2v) is 8.40. The summed E-state index contributed by atoms with van der Waals surface area (Å²) >= 11 is 0. The largest absolute Gasteiger partial charge is 0.481 e. The van der Waals surface area contributed by atoms with Crippen molar-refractivity contribution in [3.05, 3.63) is 59.7 Å². The molecule has 2 aliphatic rings. The van der Waals surface area contributed by atoms with Gasteiger partial charge in [0, 0.05) is 12.5 Å². The van der Waals surface area contributed by atoms with Gasteiger partial charge in [-0.15, -0.1) is 0 Å². The summed E-state index contributed by atoms with van der Waals surface area (Å²) in [5, 5.41) is 12.4. The van der Waals surface area contributed by atoms with E-state index in [9.17, 15) is 14.7 Å². The van der Waals surface area contributed by atoms with Crippen LogP contribution in [0.15, 0.2) is 48.5 Å². The standard InChI is InChI=1S/C25H29NO4/c27-24(28)22(17-9-3-1-2-4-10-17)15-26-25(29)30-16-23-20-13-7-5-11-18(20)19-12-6-8-14-21(19)23/h5-8,11-14,17,22-23H,1-4,9-10,15-16H2,(H,26,29)(H,27,28). The predicted octanol–water partition coefficient (Wildman–Crippen LogP) is 5.20. The minimum atomic E-state index is -0.833. The zero-order valence-electron chi connectivity index (χ0n) is 17.2. The number of carboxylic acid groups (broad SMARTS) is 1. The topological polar surface area (TPSA) is 75.6 Å². The minimum Gasteiger partial charge on any atom is -0.481 e. The van der Waals surface area contributed by atoms with Gasteiger partial charge in [-0.05, 0) is 41.0 Å². The zero-order valence-corrected chi connectivity index (χ0v) is 17.2. The van der Waals surface area contributed by atoms with E-state index in [0.29, 0.717) is 0 Å². The van der Waals surface area contributed by atoms with Crippen LogP contribution in [0.1, 0.15) is 55.6 Å². The summed E-state index contributed by atoms with van der Waals surface area (Å²) in [5.74, 6) is -1.26. The monoisotopic (exact) mass is 407 g/mol. The van der Waals surface area contributed by atoms with Crippen LogP contribution in [0.25, 0.3) is 11.1 Å². The molecule has 158 valence electrons. The van der Waals surface area contributed by atoms with Gasteiger partial charge in [0.15, 0.2) is 0 Å². The predicted molar refractivity (Wildman–Crippen MR) is 115 cm³/mol. The van der Waals surface area contributed by atoms with Gasteiger partial charge in [-0.25, -0.2) is 4.79 Å². The average molecular weight is 408 g/mol. The molecule has 5 heteroatoms. The third-order valence-corrected chi connectivity index (χ3v) is 6.60. The molecular formula is C25H29NO4. The SMILES string of the molecule is O=C(NCC(C(=O)O)C1CCCCCC1)OCC1c2ccccc2-c2ccccc21. The minimum absolute atomic E-state index is 0.000257. The number of rotatable bonds is 6. The lowest BCUT2D eigenvalue weighted by Crippen LogP contribution is -2.37. The maximum absolute atomic E-state index is 12.4. The van der Waals surface area contributed by atoms with E-state index in [4.69, 9.17) is 4.74 Å². The Morgan fingerprint density at radius 2 is 1.50 bits per heavy atom. The number of hydrogen-bond donors (Lipinski definition) is 2. The second-order valence-electron chi connectivity index (χ2n) is 8.40. The number of carboxylic acids is 1. The van der Waals surface area contributed by atoms with Crippen LogP contribution in [0.2, 0.25) is 0 Å². The van der Waals surface area contributed by atoms with E-state index >= 15 is 0 Å². The van der Waals surface area contributed by atoms with Crippen LogP contribution in [-0.2, 0) is 9.53 Å². The van der Waals surface area contributed by atoms with Gasteiger partial charge in [0.2, 0.25) is 0 Å². The molecule has 5 nitrogen and oxygen atoms in total. The van der Waals surface area contributed by atoms with E-state index < -0.39 is 18.0 Å². The summed E-state index contributed by atoms with van der Waals surface area (Å²) in [6, 6.07) is 16.4. The first-order valence-electron chi connectivity index (χ1n) is 11.0. The quantitative estimate of drug-likeness (QED) is 0.646. The van der Waals surface area contributed by atoms with Gasteiger partial charge in [0.05, 0.1) is 5.92 Å². The number of ether oxygens (including phenoxy) is 1. The maximum atomic E-state index is 12.4. The highest BCUT2D eigenvalue weighted by Gasteiger charge is 2.31. The Labute approximate surface area is 177 Å². The van der Waals surface area contributed by atoms with Gasteiger partial charge in [-0.2, -0.15) is 0 Å². The molecular weight excluding hydrogens is 378 g/mol. The summed E-state index contributed by atoms with van der Waals surface area (Å²) in [7, 11) is 0. The molecule has 0 spiro atoms. The number of aliphatic carboxylic acids is 1. The van der Waals surface area contributed by atoms with Crippen molar-refractivity contribution in [3.8, 4) is 11.1 Å². The van der Waals surface area contributed by atoms with Crippen molar-refractivity contribution in [2.75, 3.05) is 13.2 Å². The first-order chi connectivity index (χ1) is 14.6. The van der Waals surface area contributed by atoms with Gasteiger partial charge in [-0.1, -0.05) is 74.2 Å². The molecule has 0 radical (unpaired) electrons. The number of carbonyl (C=O) groups excluding carboxylic acids is 1. The van der Waals surface area contributed by atoms with Gasteiger partial charge in [-0.3, -0.25) is 4.79 Å². The third-order valence-electron chi connectivity index (χ3n) is 6.60. The number of nitrogens with one attached hydrogen (secondary N) is 1. The summed E-state index contributed by atoms with van der Waals surface area (Å²) in [6.07, 6.45) is 5.77. The van der Waals surface area contributed by atoms with E-state index in [1.54, 1.807) is 0 Å². The molecule has 0 heterocycles. The molecule has 30 heavy (non-hydrogen) atoms. The second kappa shape index (κ2) is 9.33. The van der Waals surface area contributed by atoms with Crippen LogP contribution in [0.4, 0.5) is 4.79 Å². The third kappa shape index (κ3) is 4.35. The maximum Gasteiger partial charge on any atom is 0.407 e. The average Bonchev–Trinajstić information content (AvgIpc) is 2.88. The fraction of sp³-hybridized carbons (Fsp3) is 0.440. The number of benzene rings is 2. The Kier molecular flexibility index (Phi) is 6.36. The lowest BCUT2D eigenvalue weighted by atomic mass is 9.86. The number of hydrogen-bond acceptors (Lipinski definition) is 3. The Morgan fingerprint density at radius 3 is 2.07 bits per heavy atom. The van der Waals surface area contributed by atoms with E-state index in [1.165, 1.54) is 24.0 Å². The fourth-order valence-electron chi connectivity index (χ4n) is 5.01. The molecule has 4 rings (SSSR count). The highest BCUT2D eigenvalue weighted by molar-refractivity contribution is 5.79. The molecule has 2 aromatic carbocycles. The molecule has 0 aliphatic heterocycles. The van der Waals surface area contributed by atoms with Crippen LogP contribution in [0.5, 0.6) is 0 Å². The molecule has 0 aromatic heterocycles. The molecule has 2 aromatic rings. The van der Waals surface area contributed by atoms with E-state index in [2.05, 4.69) is 29.6 Å². The Morgan fingerprint density at radius 1 is 0.933 bits per heavy atom. The molecule has 2 aliphatic carbocycles. The van der Waals surface area contributed by atoms with E-state index in [0.717, 1.165) is 36.8 Å². The van der Waals surface area contributed by atoms with E-state index in [1.807, 2.05) is 24.3 Å². The molecule has 2 N–H and O–H groups in total. The van der Waals surface area contributed by atoms with Crippen molar-refractivity contribution in [3.63, 3.8) is 0 Å². The van der Waals surface area contributed by atoms with E-state index in [-0.39, 0.29) is 25.0 Å². The molecule has 0 bridgehead atoms. The van der Waals surface area contributed by atoms with Gasteiger partial charge in [0.1, 0.15) is 6.61 Å². The van der Waals surface area contributed by atoms with Crippen LogP contribution < -0.4 is 5.32 Å². The molecule has 0 saturated heterocycles. The summed E-state index contributed by atoms with van der Waals surface area (Å²) in [5.41, 5.74) is 4.68. The molecule has 1 unspecified atom stereocenters. The lowest BCUT2D eigenvalue weighted by molar-refractivity contribution is -0.143. The van der Waals surface area contributed by atoms with Gasteiger partial charge >= 0.3 is 12.1 Å². The lowest BCUT2D eigenvalue weighted by Gasteiger charge is -2.23. The van der Waals surface area contributed by atoms with Crippen molar-refractivity contribution >= 4 is 12.1 Å². The molecule has 1 fully saturated rings. The van der Waals surface area contributed by atoms with Crippen LogP contribution in [-0.4, -0.2) is 30.3 Å². The fourth-order valence-corrected chi connectivity index (χ4v) is 5.01. The number of fused-ring (bicyclic) bond motifs is 3. The first kappa shape index (κ1) is 20.5. The van der Waals surface area contributed by atoms with Crippen molar-refractivity contribution in [2.45, 2.75) is 44.4 Å². The van der Waals surface area contributed by atoms with Crippen molar-refractivity contribution in [2.24, 2.45) is 11.8 Å². The Bertz CT molecular complexity index is 856. The van der Waals surface area contributed by atoms with Crippen LogP contribution in [0.3, 0.4) is 0 Å². The summed E-state index contributed by atoms with van der Waals surface area (Å²) in [6.45, 7) is 0.359. The van der Waals surface area contributed by atoms with Crippen molar-refractivity contribution in [1.82, 2.24) is 5.32 Å². The Balaban J connectivity index is 1.36. The molecule has 1 atom stereocenters. The number of amides is 1. The highest BCUT2D eigenvalue weighted by atomic mass is 16.5. The number of alkyl carbamates (subject to hydrolysis) is 1. The molecule has 1 amide bonds. The first-order valence-corrected chi connectivity index (χ1v) is 11.0. The highest BCUT2D eigenvalue weighted by Crippen LogP contribution is 2.44. The summed E-state index contributed by atoms with van der Waals surface area (Å²) in [4.78, 5) is 24.1. The van der Waals surface area contributed by atoms with Crippen molar-refractivity contribution in [1.29, 1.82) is 0 Å². The smallest absolute Gasteiger partial charge is 0.407 e. The van der Waals surface area contributed by atoms with Gasteiger partial charge in [0.25, 0.3) is 0 Å².